The van der Waals surface area contributed by atoms with E-state index in [1.54, 1.807) is 0 Å². The molecule has 1 aromatic carbocycles. The van der Waals surface area contributed by atoms with Crippen molar-refractivity contribution in [3.8, 4) is 0 Å². The number of anilines is 1. The molecular weight excluding hydrogens is 270 g/mol. The maximum atomic E-state index is 13.2. The zero-order valence-corrected chi connectivity index (χ0v) is 13.2. The summed E-state index contributed by atoms with van der Waals surface area (Å²) in [6.45, 7) is 0. The SMILES string of the molecule is O=C(Nc1ccccc1C1CC1)C12CC3CC(CC(C3)C1)C2. The molecule has 0 heterocycles. The number of carbonyl (C=O) groups excluding carboxylic acids is 1. The van der Waals surface area contributed by atoms with Gasteiger partial charge in [0.15, 0.2) is 0 Å². The van der Waals surface area contributed by atoms with E-state index in [-0.39, 0.29) is 5.41 Å². The standard InChI is InChI=1S/C20H25NO/c22-19(21-18-4-2-1-3-17(18)16-5-6-16)20-10-13-7-14(11-20)9-15(8-13)12-20/h1-4,13-16H,5-12H2,(H,21,22). The average Bonchev–Trinajstić information content (AvgIpc) is 3.31. The number of carbonyl (C=O) groups is 1. The van der Waals surface area contributed by atoms with E-state index in [9.17, 15) is 4.79 Å². The lowest BCUT2D eigenvalue weighted by Crippen LogP contribution is -2.51. The fourth-order valence-corrected chi connectivity index (χ4v) is 6.00. The van der Waals surface area contributed by atoms with Gasteiger partial charge in [-0.2, -0.15) is 0 Å². The molecule has 5 fully saturated rings. The lowest BCUT2D eigenvalue weighted by atomic mass is 9.49. The Bertz CT molecular complexity index is 581. The Morgan fingerprint density at radius 1 is 0.955 bits per heavy atom. The Morgan fingerprint density at radius 2 is 1.55 bits per heavy atom. The van der Waals surface area contributed by atoms with Crippen LogP contribution in [0.5, 0.6) is 0 Å². The molecule has 0 unspecified atom stereocenters. The van der Waals surface area contributed by atoms with Crippen LogP contribution in [-0.4, -0.2) is 5.91 Å². The molecule has 5 saturated carbocycles. The molecule has 6 rings (SSSR count). The van der Waals surface area contributed by atoms with E-state index in [1.807, 2.05) is 0 Å². The van der Waals surface area contributed by atoms with Crippen molar-refractivity contribution in [2.45, 2.75) is 57.3 Å². The highest BCUT2D eigenvalue weighted by molar-refractivity contribution is 5.96. The predicted octanol–water partition coefficient (Wildman–Crippen LogP) is 4.72. The minimum Gasteiger partial charge on any atom is -0.325 e. The monoisotopic (exact) mass is 295 g/mol. The molecule has 5 aliphatic rings. The minimum absolute atomic E-state index is 0.0363. The summed E-state index contributed by atoms with van der Waals surface area (Å²) in [7, 11) is 0. The lowest BCUT2D eigenvalue weighted by molar-refractivity contribution is -0.140. The number of para-hydroxylation sites is 1. The molecule has 4 bridgehead atoms. The molecule has 116 valence electrons. The van der Waals surface area contributed by atoms with Gasteiger partial charge >= 0.3 is 0 Å². The van der Waals surface area contributed by atoms with Crippen LogP contribution in [0.3, 0.4) is 0 Å². The Morgan fingerprint density at radius 3 is 2.14 bits per heavy atom. The van der Waals surface area contributed by atoms with Crippen LogP contribution in [-0.2, 0) is 4.79 Å². The van der Waals surface area contributed by atoms with Gasteiger partial charge in [-0.05, 0) is 86.7 Å². The van der Waals surface area contributed by atoms with Crippen molar-refractivity contribution in [2.24, 2.45) is 23.2 Å². The van der Waals surface area contributed by atoms with Crippen molar-refractivity contribution in [1.82, 2.24) is 0 Å². The average molecular weight is 295 g/mol. The van der Waals surface area contributed by atoms with Gasteiger partial charge in [-0.1, -0.05) is 18.2 Å². The van der Waals surface area contributed by atoms with Gasteiger partial charge in [0, 0.05) is 5.69 Å². The number of hydrogen-bond acceptors (Lipinski definition) is 1. The van der Waals surface area contributed by atoms with Crippen LogP contribution in [0.4, 0.5) is 5.69 Å². The van der Waals surface area contributed by atoms with Crippen molar-refractivity contribution in [2.75, 3.05) is 5.32 Å². The van der Waals surface area contributed by atoms with E-state index in [4.69, 9.17) is 0 Å². The summed E-state index contributed by atoms with van der Waals surface area (Å²) in [6, 6.07) is 8.47. The third-order valence-corrected chi connectivity index (χ3v) is 6.75. The van der Waals surface area contributed by atoms with Crippen molar-refractivity contribution >= 4 is 11.6 Å². The lowest BCUT2D eigenvalue weighted by Gasteiger charge is -2.55. The van der Waals surface area contributed by atoms with Crippen LogP contribution >= 0.6 is 0 Å². The predicted molar refractivity (Wildman–Crippen MR) is 87.7 cm³/mol. The summed E-state index contributed by atoms with van der Waals surface area (Å²) in [5.74, 6) is 3.51. The Kier molecular flexibility index (Phi) is 2.75. The second-order valence-corrected chi connectivity index (χ2v) is 8.51. The fourth-order valence-electron chi connectivity index (χ4n) is 6.00. The first-order chi connectivity index (χ1) is 10.7. The van der Waals surface area contributed by atoms with Gasteiger partial charge in [0.05, 0.1) is 5.41 Å². The van der Waals surface area contributed by atoms with Gasteiger partial charge in [-0.15, -0.1) is 0 Å². The van der Waals surface area contributed by atoms with Crippen LogP contribution < -0.4 is 5.32 Å². The van der Waals surface area contributed by atoms with E-state index in [0.717, 1.165) is 42.7 Å². The molecule has 1 aromatic rings. The normalized spacial score (nSPS) is 39.0. The topological polar surface area (TPSA) is 29.1 Å². The van der Waals surface area contributed by atoms with E-state index in [0.29, 0.717) is 11.8 Å². The number of nitrogens with one attached hydrogen (secondary N) is 1. The summed E-state index contributed by atoms with van der Waals surface area (Å²) >= 11 is 0. The van der Waals surface area contributed by atoms with Crippen molar-refractivity contribution in [3.05, 3.63) is 29.8 Å². The summed E-state index contributed by atoms with van der Waals surface area (Å²) < 4.78 is 0. The second-order valence-electron chi connectivity index (χ2n) is 8.51. The first kappa shape index (κ1) is 13.2. The smallest absolute Gasteiger partial charge is 0.230 e. The largest absolute Gasteiger partial charge is 0.325 e. The minimum atomic E-state index is -0.0363. The molecule has 0 radical (unpaired) electrons. The maximum absolute atomic E-state index is 13.2. The molecule has 22 heavy (non-hydrogen) atoms. The number of amides is 1. The first-order valence-electron chi connectivity index (χ1n) is 9.12. The molecule has 0 aliphatic heterocycles. The van der Waals surface area contributed by atoms with E-state index in [1.165, 1.54) is 37.7 Å². The third kappa shape index (κ3) is 2.03. The van der Waals surface area contributed by atoms with Gasteiger partial charge in [-0.25, -0.2) is 0 Å². The van der Waals surface area contributed by atoms with Crippen molar-refractivity contribution < 1.29 is 4.79 Å². The molecule has 0 saturated heterocycles. The van der Waals surface area contributed by atoms with Crippen LogP contribution in [0.1, 0.15) is 62.8 Å². The highest BCUT2D eigenvalue weighted by atomic mass is 16.2. The molecular formula is C20H25NO. The van der Waals surface area contributed by atoms with Crippen molar-refractivity contribution in [3.63, 3.8) is 0 Å². The quantitative estimate of drug-likeness (QED) is 0.859. The molecule has 5 aliphatic carbocycles. The van der Waals surface area contributed by atoms with Gasteiger partial charge in [0.25, 0.3) is 0 Å². The molecule has 1 amide bonds. The summed E-state index contributed by atoms with van der Waals surface area (Å²) in [5, 5.41) is 3.35. The fraction of sp³-hybridized carbons (Fsp3) is 0.650. The van der Waals surface area contributed by atoms with Crippen LogP contribution in [0.15, 0.2) is 24.3 Å². The molecule has 2 nitrogen and oxygen atoms in total. The molecule has 0 aromatic heterocycles. The molecule has 0 atom stereocenters. The van der Waals surface area contributed by atoms with E-state index < -0.39 is 0 Å². The summed E-state index contributed by atoms with van der Waals surface area (Å²) in [4.78, 5) is 13.2. The van der Waals surface area contributed by atoms with Gasteiger partial charge in [0.2, 0.25) is 5.91 Å². The Hall–Kier alpha value is -1.31. The maximum Gasteiger partial charge on any atom is 0.230 e. The van der Waals surface area contributed by atoms with E-state index in [2.05, 4.69) is 29.6 Å². The molecule has 2 heteroatoms. The first-order valence-corrected chi connectivity index (χ1v) is 9.12. The van der Waals surface area contributed by atoms with Crippen LogP contribution in [0.25, 0.3) is 0 Å². The highest BCUT2D eigenvalue weighted by Gasteiger charge is 2.54. The van der Waals surface area contributed by atoms with Crippen LogP contribution in [0.2, 0.25) is 0 Å². The highest BCUT2D eigenvalue weighted by Crippen LogP contribution is 2.60. The zero-order chi connectivity index (χ0) is 14.7. The third-order valence-electron chi connectivity index (χ3n) is 6.75. The van der Waals surface area contributed by atoms with Crippen LogP contribution in [0, 0.1) is 23.2 Å². The zero-order valence-electron chi connectivity index (χ0n) is 13.2. The van der Waals surface area contributed by atoms with Gasteiger partial charge < -0.3 is 5.32 Å². The number of benzene rings is 1. The number of hydrogen-bond donors (Lipinski definition) is 1. The van der Waals surface area contributed by atoms with E-state index >= 15 is 0 Å². The molecule has 0 spiro atoms. The Balaban J connectivity index is 1.41. The van der Waals surface area contributed by atoms with Crippen molar-refractivity contribution in [1.29, 1.82) is 0 Å². The van der Waals surface area contributed by atoms with Gasteiger partial charge in [0.1, 0.15) is 0 Å². The van der Waals surface area contributed by atoms with Gasteiger partial charge in [-0.3, -0.25) is 4.79 Å². The summed E-state index contributed by atoms with van der Waals surface area (Å²) in [5.41, 5.74) is 2.41. The second kappa shape index (κ2) is 4.59. The number of rotatable bonds is 3. The molecule has 1 N–H and O–H groups in total. The summed E-state index contributed by atoms with van der Waals surface area (Å²) in [6.07, 6.45) is 10.2. The Labute approximate surface area is 132 Å².